The molecule has 0 atom stereocenters. The highest BCUT2D eigenvalue weighted by molar-refractivity contribution is 5.91. The number of rotatable bonds is 4. The van der Waals surface area contributed by atoms with E-state index >= 15 is 0 Å². The van der Waals surface area contributed by atoms with Gasteiger partial charge in [-0.25, -0.2) is 4.79 Å². The topological polar surface area (TPSA) is 75.5 Å². The van der Waals surface area contributed by atoms with Crippen molar-refractivity contribution in [2.24, 2.45) is 0 Å². The second-order valence-electron chi connectivity index (χ2n) is 6.48. The van der Waals surface area contributed by atoms with Gasteiger partial charge in [0, 0.05) is 24.2 Å². The molecule has 0 radical (unpaired) electrons. The van der Waals surface area contributed by atoms with E-state index in [9.17, 15) is 14.9 Å². The van der Waals surface area contributed by atoms with Crippen molar-refractivity contribution < 1.29 is 9.72 Å². The van der Waals surface area contributed by atoms with Crippen LogP contribution in [0.15, 0.2) is 18.2 Å². The van der Waals surface area contributed by atoms with Crippen LogP contribution >= 0.6 is 0 Å². The molecular formula is C17H25N3O3. The van der Waals surface area contributed by atoms with Crippen molar-refractivity contribution >= 4 is 17.4 Å². The lowest BCUT2D eigenvalue weighted by Crippen LogP contribution is -2.47. The maximum absolute atomic E-state index is 12.7. The van der Waals surface area contributed by atoms with Crippen molar-refractivity contribution in [3.8, 4) is 0 Å². The van der Waals surface area contributed by atoms with E-state index in [-0.39, 0.29) is 23.8 Å². The van der Waals surface area contributed by atoms with Gasteiger partial charge in [-0.15, -0.1) is 0 Å². The van der Waals surface area contributed by atoms with E-state index in [0.717, 1.165) is 31.2 Å². The van der Waals surface area contributed by atoms with Gasteiger partial charge < -0.3 is 10.2 Å². The maximum Gasteiger partial charge on any atom is 0.322 e. The lowest BCUT2D eigenvalue weighted by molar-refractivity contribution is -0.384. The summed E-state index contributed by atoms with van der Waals surface area (Å²) in [5.74, 6) is 0. The smallest absolute Gasteiger partial charge is 0.319 e. The molecule has 1 aliphatic carbocycles. The van der Waals surface area contributed by atoms with Gasteiger partial charge in [0.25, 0.3) is 5.69 Å². The van der Waals surface area contributed by atoms with Gasteiger partial charge in [-0.3, -0.25) is 10.1 Å². The van der Waals surface area contributed by atoms with Crippen LogP contribution in [0, 0.1) is 17.0 Å². The number of aryl methyl sites for hydroxylation is 1. The Labute approximate surface area is 137 Å². The van der Waals surface area contributed by atoms with Gasteiger partial charge in [-0.1, -0.05) is 25.3 Å². The molecule has 1 aliphatic rings. The lowest BCUT2D eigenvalue weighted by atomic mass is 9.93. The molecule has 1 saturated carbocycles. The van der Waals surface area contributed by atoms with Crippen molar-refractivity contribution in [2.45, 2.75) is 65.0 Å². The van der Waals surface area contributed by atoms with E-state index in [1.807, 2.05) is 25.7 Å². The molecule has 1 aromatic carbocycles. The monoisotopic (exact) mass is 319 g/mol. The molecule has 0 aliphatic heterocycles. The third-order valence-electron chi connectivity index (χ3n) is 4.43. The molecule has 0 unspecified atom stereocenters. The average molecular weight is 319 g/mol. The fraction of sp³-hybridized carbons (Fsp3) is 0.588. The van der Waals surface area contributed by atoms with Gasteiger partial charge in [0.1, 0.15) is 0 Å². The highest BCUT2D eigenvalue weighted by Gasteiger charge is 2.28. The maximum atomic E-state index is 12.7. The molecule has 0 heterocycles. The molecule has 6 heteroatoms. The molecule has 6 nitrogen and oxygen atoms in total. The zero-order valence-corrected chi connectivity index (χ0v) is 14.0. The number of hydrogen-bond donors (Lipinski definition) is 1. The van der Waals surface area contributed by atoms with Crippen molar-refractivity contribution in [3.63, 3.8) is 0 Å². The molecule has 1 N–H and O–H groups in total. The van der Waals surface area contributed by atoms with E-state index in [0.29, 0.717) is 5.69 Å². The molecule has 1 fully saturated rings. The van der Waals surface area contributed by atoms with Crippen molar-refractivity contribution in [2.75, 3.05) is 5.32 Å². The summed E-state index contributed by atoms with van der Waals surface area (Å²) in [4.78, 5) is 25.1. The van der Waals surface area contributed by atoms with Crippen molar-refractivity contribution in [3.05, 3.63) is 33.9 Å². The fourth-order valence-corrected chi connectivity index (χ4v) is 3.22. The minimum absolute atomic E-state index is 0.0142. The number of amides is 2. The van der Waals surface area contributed by atoms with Crippen molar-refractivity contribution in [1.82, 2.24) is 4.90 Å². The third kappa shape index (κ3) is 4.21. The molecule has 2 rings (SSSR count). The lowest BCUT2D eigenvalue weighted by Gasteiger charge is -2.37. The van der Waals surface area contributed by atoms with E-state index in [4.69, 9.17) is 0 Å². The summed E-state index contributed by atoms with van der Waals surface area (Å²) in [7, 11) is 0. The molecule has 23 heavy (non-hydrogen) atoms. The number of urea groups is 1. The number of benzene rings is 1. The second kappa shape index (κ2) is 7.44. The van der Waals surface area contributed by atoms with Gasteiger partial charge in [0.05, 0.1) is 10.6 Å². The quantitative estimate of drug-likeness (QED) is 0.656. The Kier molecular flexibility index (Phi) is 5.58. The van der Waals surface area contributed by atoms with Crippen LogP contribution in [-0.4, -0.2) is 27.9 Å². The second-order valence-corrected chi connectivity index (χ2v) is 6.48. The SMILES string of the molecule is Cc1ccc([N+](=O)[O-])cc1NC(=O)N(C(C)C)C1CCCCC1. The average Bonchev–Trinajstić information content (AvgIpc) is 2.50. The number of anilines is 1. The number of nitro groups is 1. The highest BCUT2D eigenvalue weighted by Crippen LogP contribution is 2.26. The minimum Gasteiger partial charge on any atom is -0.319 e. The molecular weight excluding hydrogens is 294 g/mol. The first-order valence-electron chi connectivity index (χ1n) is 8.24. The van der Waals surface area contributed by atoms with Gasteiger partial charge in [0.2, 0.25) is 0 Å². The highest BCUT2D eigenvalue weighted by atomic mass is 16.6. The number of non-ortho nitro benzene ring substituents is 1. The first kappa shape index (κ1) is 17.2. The fourth-order valence-electron chi connectivity index (χ4n) is 3.22. The summed E-state index contributed by atoms with van der Waals surface area (Å²) in [6.45, 7) is 5.85. The number of nitro benzene ring substituents is 1. The van der Waals surface area contributed by atoms with Crippen LogP contribution in [0.4, 0.5) is 16.2 Å². The Morgan fingerprint density at radius 2 is 1.96 bits per heavy atom. The van der Waals surface area contributed by atoms with E-state index in [2.05, 4.69) is 5.32 Å². The molecule has 1 aromatic rings. The normalized spacial score (nSPS) is 15.5. The zero-order chi connectivity index (χ0) is 17.0. The Morgan fingerprint density at radius 3 is 2.52 bits per heavy atom. The van der Waals surface area contributed by atoms with Crippen LogP contribution < -0.4 is 5.32 Å². The van der Waals surface area contributed by atoms with Gasteiger partial charge in [-0.05, 0) is 39.2 Å². The minimum atomic E-state index is -0.448. The Balaban J connectivity index is 2.18. The summed E-state index contributed by atoms with van der Waals surface area (Å²) in [6, 6.07) is 4.71. The molecule has 0 aromatic heterocycles. The van der Waals surface area contributed by atoms with Crippen LogP contribution in [0.3, 0.4) is 0 Å². The first-order chi connectivity index (χ1) is 10.9. The molecule has 0 bridgehead atoms. The van der Waals surface area contributed by atoms with Gasteiger partial charge in [-0.2, -0.15) is 0 Å². The Bertz CT molecular complexity index is 580. The van der Waals surface area contributed by atoms with Crippen LogP contribution in [0.1, 0.15) is 51.5 Å². The Hall–Kier alpha value is -2.11. The van der Waals surface area contributed by atoms with Crippen LogP contribution in [0.5, 0.6) is 0 Å². The van der Waals surface area contributed by atoms with Crippen LogP contribution in [0.25, 0.3) is 0 Å². The molecule has 0 spiro atoms. The van der Waals surface area contributed by atoms with E-state index < -0.39 is 4.92 Å². The summed E-state index contributed by atoms with van der Waals surface area (Å²) >= 11 is 0. The van der Waals surface area contributed by atoms with Crippen LogP contribution in [0.2, 0.25) is 0 Å². The summed E-state index contributed by atoms with van der Waals surface area (Å²) < 4.78 is 0. The number of carbonyl (C=O) groups excluding carboxylic acids is 1. The Morgan fingerprint density at radius 1 is 1.30 bits per heavy atom. The standard InChI is InChI=1S/C17H25N3O3/c1-12(2)19(14-7-5-4-6-8-14)17(21)18-16-11-15(20(22)23)10-9-13(16)3/h9-12,14H,4-8H2,1-3H3,(H,18,21). The summed E-state index contributed by atoms with van der Waals surface area (Å²) in [6.07, 6.45) is 5.58. The predicted molar refractivity (Wildman–Crippen MR) is 90.7 cm³/mol. The van der Waals surface area contributed by atoms with E-state index in [1.165, 1.54) is 18.6 Å². The summed E-state index contributed by atoms with van der Waals surface area (Å²) in [5, 5.41) is 13.8. The number of nitrogens with zero attached hydrogens (tertiary/aromatic N) is 2. The van der Waals surface area contributed by atoms with E-state index in [1.54, 1.807) is 6.07 Å². The molecule has 0 saturated heterocycles. The largest absolute Gasteiger partial charge is 0.322 e. The molecule has 126 valence electrons. The van der Waals surface area contributed by atoms with Crippen LogP contribution in [-0.2, 0) is 0 Å². The number of hydrogen-bond acceptors (Lipinski definition) is 3. The molecule has 2 amide bonds. The van der Waals surface area contributed by atoms with Crippen molar-refractivity contribution in [1.29, 1.82) is 0 Å². The number of nitrogens with one attached hydrogen (secondary N) is 1. The predicted octanol–water partition coefficient (Wildman–Crippen LogP) is 4.48. The zero-order valence-electron chi connectivity index (χ0n) is 14.0. The third-order valence-corrected chi connectivity index (χ3v) is 4.43. The van der Waals surface area contributed by atoms with Gasteiger partial charge >= 0.3 is 6.03 Å². The summed E-state index contributed by atoms with van der Waals surface area (Å²) in [5.41, 5.74) is 1.31. The first-order valence-corrected chi connectivity index (χ1v) is 8.24. The van der Waals surface area contributed by atoms with Gasteiger partial charge in [0.15, 0.2) is 0 Å². The number of carbonyl (C=O) groups is 1.